The van der Waals surface area contributed by atoms with Gasteiger partial charge < -0.3 is 14.7 Å². The first-order chi connectivity index (χ1) is 11.7. The highest BCUT2D eigenvalue weighted by Gasteiger charge is 2.33. The molecule has 8 heteroatoms. The van der Waals surface area contributed by atoms with Gasteiger partial charge in [0, 0.05) is 12.5 Å². The largest absolute Gasteiger partial charge is 0.481 e. The Morgan fingerprint density at radius 1 is 1.40 bits per heavy atom. The van der Waals surface area contributed by atoms with Crippen LogP contribution in [-0.4, -0.2) is 47.7 Å². The zero-order chi connectivity index (χ0) is 18.6. The second kappa shape index (κ2) is 7.86. The minimum atomic E-state index is -4.43. The minimum Gasteiger partial charge on any atom is -0.481 e. The van der Waals surface area contributed by atoms with Crippen molar-refractivity contribution in [3.63, 3.8) is 0 Å². The quantitative estimate of drug-likeness (QED) is 0.878. The number of hydrogen-bond acceptors (Lipinski definition) is 3. The standard InChI is InChI=1S/C17H20F3NO4/c1-11(7-12-3-2-4-13(8-12)17(18,19)20)16(24)21-5-6-25-10-14(21)9-15(22)23/h2-4,8,11,14H,5-7,9-10H2,1H3,(H,22,23). The second-order valence-corrected chi connectivity index (χ2v) is 6.16. The number of ether oxygens (including phenoxy) is 1. The van der Waals surface area contributed by atoms with Crippen molar-refractivity contribution >= 4 is 11.9 Å². The molecule has 0 aromatic heterocycles. The second-order valence-electron chi connectivity index (χ2n) is 6.16. The predicted octanol–water partition coefficient (Wildman–Crippen LogP) is 2.59. The highest BCUT2D eigenvalue weighted by atomic mass is 19.4. The van der Waals surface area contributed by atoms with E-state index in [1.807, 2.05) is 0 Å². The number of alkyl halides is 3. The van der Waals surface area contributed by atoms with Gasteiger partial charge in [0.1, 0.15) is 0 Å². The molecular weight excluding hydrogens is 339 g/mol. The average molecular weight is 359 g/mol. The molecule has 0 saturated carbocycles. The maximum absolute atomic E-state index is 12.8. The smallest absolute Gasteiger partial charge is 0.416 e. The van der Waals surface area contributed by atoms with Crippen LogP contribution in [0.15, 0.2) is 24.3 Å². The Hall–Kier alpha value is -2.09. The van der Waals surface area contributed by atoms with Crippen LogP contribution in [0, 0.1) is 5.92 Å². The summed E-state index contributed by atoms with van der Waals surface area (Å²) in [6, 6.07) is 4.34. The number of rotatable bonds is 5. The van der Waals surface area contributed by atoms with Crippen LogP contribution in [0.4, 0.5) is 13.2 Å². The summed E-state index contributed by atoms with van der Waals surface area (Å²) >= 11 is 0. The fraction of sp³-hybridized carbons (Fsp3) is 0.529. The van der Waals surface area contributed by atoms with Crippen molar-refractivity contribution in [3.05, 3.63) is 35.4 Å². The van der Waals surface area contributed by atoms with Gasteiger partial charge in [-0.2, -0.15) is 13.2 Å². The predicted molar refractivity (Wildman–Crippen MR) is 82.9 cm³/mol. The Bertz CT molecular complexity index is 633. The van der Waals surface area contributed by atoms with E-state index in [4.69, 9.17) is 9.84 Å². The molecule has 1 heterocycles. The molecule has 138 valence electrons. The van der Waals surface area contributed by atoms with Crippen LogP contribution < -0.4 is 0 Å². The molecule has 2 atom stereocenters. The van der Waals surface area contributed by atoms with E-state index in [9.17, 15) is 22.8 Å². The number of halogens is 3. The van der Waals surface area contributed by atoms with E-state index in [-0.39, 0.29) is 31.9 Å². The molecule has 0 radical (unpaired) electrons. The van der Waals surface area contributed by atoms with Gasteiger partial charge in [0.25, 0.3) is 0 Å². The SMILES string of the molecule is CC(Cc1cccc(C(F)(F)F)c1)C(=O)N1CCOCC1CC(=O)O. The molecule has 0 bridgehead atoms. The summed E-state index contributed by atoms with van der Waals surface area (Å²) in [4.78, 5) is 25.0. The Morgan fingerprint density at radius 2 is 2.12 bits per heavy atom. The van der Waals surface area contributed by atoms with Gasteiger partial charge in [-0.1, -0.05) is 25.1 Å². The van der Waals surface area contributed by atoms with E-state index in [1.165, 1.54) is 11.0 Å². The normalized spacial score (nSPS) is 19.5. The Balaban J connectivity index is 2.07. The number of aliphatic carboxylic acids is 1. The topological polar surface area (TPSA) is 66.8 Å². The molecular formula is C17H20F3NO4. The van der Waals surface area contributed by atoms with Gasteiger partial charge in [0.2, 0.25) is 5.91 Å². The van der Waals surface area contributed by atoms with Crippen LogP contribution in [0.1, 0.15) is 24.5 Å². The molecule has 5 nitrogen and oxygen atoms in total. The molecule has 1 fully saturated rings. The number of amides is 1. The summed E-state index contributed by atoms with van der Waals surface area (Å²) < 4.78 is 43.6. The third kappa shape index (κ3) is 5.19. The van der Waals surface area contributed by atoms with Crippen molar-refractivity contribution in [2.45, 2.75) is 32.0 Å². The highest BCUT2D eigenvalue weighted by molar-refractivity contribution is 5.80. The third-order valence-electron chi connectivity index (χ3n) is 4.14. The molecule has 0 spiro atoms. The van der Waals surface area contributed by atoms with Crippen LogP contribution in [0.25, 0.3) is 0 Å². The summed E-state index contributed by atoms with van der Waals surface area (Å²) in [5.41, 5.74) is -0.335. The van der Waals surface area contributed by atoms with E-state index >= 15 is 0 Å². The minimum absolute atomic E-state index is 0.147. The third-order valence-corrected chi connectivity index (χ3v) is 4.14. The maximum Gasteiger partial charge on any atom is 0.416 e. The van der Waals surface area contributed by atoms with Crippen molar-refractivity contribution in [3.8, 4) is 0 Å². The van der Waals surface area contributed by atoms with Gasteiger partial charge in [-0.15, -0.1) is 0 Å². The molecule has 2 unspecified atom stereocenters. The first-order valence-corrected chi connectivity index (χ1v) is 7.94. The van der Waals surface area contributed by atoms with E-state index in [2.05, 4.69) is 0 Å². The van der Waals surface area contributed by atoms with Crippen LogP contribution in [0.5, 0.6) is 0 Å². The lowest BCUT2D eigenvalue weighted by Gasteiger charge is -2.36. The number of carboxylic acid groups (broad SMARTS) is 1. The molecule has 1 N–H and O–H groups in total. The van der Waals surface area contributed by atoms with Gasteiger partial charge >= 0.3 is 12.1 Å². The van der Waals surface area contributed by atoms with Crippen molar-refractivity contribution in [1.29, 1.82) is 0 Å². The number of benzene rings is 1. The van der Waals surface area contributed by atoms with Crippen LogP contribution in [0.3, 0.4) is 0 Å². The first-order valence-electron chi connectivity index (χ1n) is 7.94. The van der Waals surface area contributed by atoms with Gasteiger partial charge in [0.05, 0.1) is 31.2 Å². The Labute approximate surface area is 143 Å². The van der Waals surface area contributed by atoms with Gasteiger partial charge in [0.15, 0.2) is 0 Å². The maximum atomic E-state index is 12.8. The lowest BCUT2D eigenvalue weighted by Crippen LogP contribution is -2.51. The summed E-state index contributed by atoms with van der Waals surface area (Å²) in [7, 11) is 0. The summed E-state index contributed by atoms with van der Waals surface area (Å²) in [5.74, 6) is -1.86. The van der Waals surface area contributed by atoms with Gasteiger partial charge in [-0.25, -0.2) is 0 Å². The molecule has 1 aliphatic heterocycles. The Morgan fingerprint density at radius 3 is 2.76 bits per heavy atom. The number of hydrogen-bond donors (Lipinski definition) is 1. The lowest BCUT2D eigenvalue weighted by atomic mass is 9.97. The molecule has 25 heavy (non-hydrogen) atoms. The molecule has 1 saturated heterocycles. The van der Waals surface area contributed by atoms with Crippen molar-refractivity contribution in [1.82, 2.24) is 4.90 Å². The zero-order valence-electron chi connectivity index (χ0n) is 13.8. The molecule has 1 aromatic rings. The molecule has 1 aliphatic rings. The number of nitrogens with zero attached hydrogens (tertiary/aromatic N) is 1. The fourth-order valence-corrected chi connectivity index (χ4v) is 2.91. The summed E-state index contributed by atoms with van der Waals surface area (Å²) in [5, 5.41) is 8.95. The number of carboxylic acids is 1. The van der Waals surface area contributed by atoms with Gasteiger partial charge in [-0.05, 0) is 18.1 Å². The summed E-state index contributed by atoms with van der Waals surface area (Å²) in [6.45, 7) is 2.38. The average Bonchev–Trinajstić information content (AvgIpc) is 2.53. The van der Waals surface area contributed by atoms with Gasteiger partial charge in [-0.3, -0.25) is 9.59 Å². The zero-order valence-corrected chi connectivity index (χ0v) is 13.8. The Kier molecular flexibility index (Phi) is 6.05. The van der Waals surface area contributed by atoms with E-state index in [1.54, 1.807) is 13.0 Å². The van der Waals surface area contributed by atoms with Crippen molar-refractivity contribution in [2.75, 3.05) is 19.8 Å². The lowest BCUT2D eigenvalue weighted by molar-refractivity contribution is -0.148. The summed E-state index contributed by atoms with van der Waals surface area (Å²) in [6.07, 6.45) is -4.50. The first kappa shape index (κ1) is 19.2. The molecule has 1 aromatic carbocycles. The van der Waals surface area contributed by atoms with Crippen molar-refractivity contribution in [2.24, 2.45) is 5.92 Å². The number of carbonyl (C=O) groups is 2. The molecule has 2 rings (SSSR count). The van der Waals surface area contributed by atoms with Crippen LogP contribution >= 0.6 is 0 Å². The number of morpholine rings is 1. The molecule has 0 aliphatic carbocycles. The number of carbonyl (C=O) groups excluding carboxylic acids is 1. The molecule has 1 amide bonds. The van der Waals surface area contributed by atoms with E-state index in [0.29, 0.717) is 12.2 Å². The monoisotopic (exact) mass is 359 g/mol. The van der Waals surface area contributed by atoms with Crippen LogP contribution in [0.2, 0.25) is 0 Å². The van der Waals surface area contributed by atoms with Crippen LogP contribution in [-0.2, 0) is 26.9 Å². The highest BCUT2D eigenvalue weighted by Crippen LogP contribution is 2.30. The van der Waals surface area contributed by atoms with Crippen molar-refractivity contribution < 1.29 is 32.6 Å². The van der Waals surface area contributed by atoms with E-state index in [0.717, 1.165) is 12.1 Å². The van der Waals surface area contributed by atoms with E-state index < -0.39 is 29.7 Å². The fourth-order valence-electron chi connectivity index (χ4n) is 2.91.